The van der Waals surface area contributed by atoms with Crippen molar-refractivity contribution in [1.82, 2.24) is 0 Å². The van der Waals surface area contributed by atoms with Crippen molar-refractivity contribution in [3.05, 3.63) is 29.3 Å². The highest BCUT2D eigenvalue weighted by molar-refractivity contribution is 6.21. The molecule has 102 valence electrons. The van der Waals surface area contributed by atoms with Crippen LogP contribution in [0.2, 0.25) is 0 Å². The molecule has 3 rings (SSSR count). The van der Waals surface area contributed by atoms with E-state index in [1.165, 1.54) is 0 Å². The van der Waals surface area contributed by atoms with Crippen LogP contribution in [-0.2, 0) is 20.7 Å². The first-order valence-electron chi connectivity index (χ1n) is 6.39. The van der Waals surface area contributed by atoms with Gasteiger partial charge in [0.25, 0.3) is 0 Å². The highest BCUT2D eigenvalue weighted by atomic mass is 35.5. The average Bonchev–Trinajstić information content (AvgIpc) is 2.74. The number of fused-ring (bicyclic) bond motifs is 1. The van der Waals surface area contributed by atoms with Crippen molar-refractivity contribution in [2.24, 2.45) is 0 Å². The minimum atomic E-state index is -0.244. The number of benzene rings is 1. The molecule has 1 saturated heterocycles. The number of nitrogens with zero attached hydrogens (tertiary/aromatic N) is 1. The molecule has 0 N–H and O–H groups in total. The van der Waals surface area contributed by atoms with E-state index in [0.29, 0.717) is 26.2 Å². The molecule has 2 aliphatic rings. The molecule has 0 saturated carbocycles. The fourth-order valence-electron chi connectivity index (χ4n) is 2.55. The summed E-state index contributed by atoms with van der Waals surface area (Å²) in [5, 5.41) is -0.244. The van der Waals surface area contributed by atoms with Crippen LogP contribution in [0.5, 0.6) is 0 Å². The maximum Gasteiger partial charge on any atom is 0.231 e. The Kier molecular flexibility index (Phi) is 3.48. The smallest absolute Gasteiger partial charge is 0.231 e. The molecule has 2 heterocycles. The van der Waals surface area contributed by atoms with E-state index in [4.69, 9.17) is 21.1 Å². The standard InChI is InChI=1S/C14H16ClNO3/c1-16-11-3-2-9(6-10(11)7-13(16)17)14(15)12-8-18-4-5-19-12/h2-3,6,12,14H,4-5,7-8H2,1H3. The largest absolute Gasteiger partial charge is 0.376 e. The summed E-state index contributed by atoms with van der Waals surface area (Å²) in [6.45, 7) is 1.73. The van der Waals surface area contributed by atoms with Gasteiger partial charge in [0.05, 0.1) is 31.6 Å². The number of anilines is 1. The number of carbonyl (C=O) groups excluding carboxylic acids is 1. The number of amides is 1. The van der Waals surface area contributed by atoms with Crippen LogP contribution in [0.25, 0.3) is 0 Å². The van der Waals surface area contributed by atoms with E-state index in [-0.39, 0.29) is 17.4 Å². The number of likely N-dealkylation sites (N-methyl/N-ethyl adjacent to an activating group) is 1. The summed E-state index contributed by atoms with van der Waals surface area (Å²) in [5.74, 6) is 0.121. The molecule has 0 aliphatic carbocycles. The first-order chi connectivity index (χ1) is 9.16. The predicted octanol–water partition coefficient (Wildman–Crippen LogP) is 1.90. The number of ether oxygens (including phenoxy) is 2. The van der Waals surface area contributed by atoms with E-state index >= 15 is 0 Å². The van der Waals surface area contributed by atoms with E-state index in [9.17, 15) is 4.79 Å². The van der Waals surface area contributed by atoms with Gasteiger partial charge in [0.1, 0.15) is 6.10 Å². The summed E-state index contributed by atoms with van der Waals surface area (Å²) in [6.07, 6.45) is 0.328. The summed E-state index contributed by atoms with van der Waals surface area (Å²) < 4.78 is 11.0. The van der Waals surface area contributed by atoms with Gasteiger partial charge in [-0.1, -0.05) is 12.1 Å². The molecule has 1 aromatic rings. The molecule has 0 spiro atoms. The van der Waals surface area contributed by atoms with Crippen LogP contribution >= 0.6 is 11.6 Å². The summed E-state index contributed by atoms with van der Waals surface area (Å²) in [4.78, 5) is 13.3. The van der Waals surface area contributed by atoms with Gasteiger partial charge in [-0.25, -0.2) is 0 Å². The van der Waals surface area contributed by atoms with Crippen LogP contribution < -0.4 is 4.90 Å². The number of carbonyl (C=O) groups is 1. The maximum absolute atomic E-state index is 11.7. The Morgan fingerprint density at radius 1 is 1.42 bits per heavy atom. The number of halogens is 1. The van der Waals surface area contributed by atoms with Gasteiger partial charge in [-0.3, -0.25) is 4.79 Å². The van der Waals surface area contributed by atoms with Crippen LogP contribution in [0, 0.1) is 0 Å². The summed E-state index contributed by atoms with van der Waals surface area (Å²) >= 11 is 6.46. The second-order valence-corrected chi connectivity index (χ2v) is 5.37. The van der Waals surface area contributed by atoms with E-state index in [1.54, 1.807) is 11.9 Å². The lowest BCUT2D eigenvalue weighted by molar-refractivity contribution is -0.117. The minimum Gasteiger partial charge on any atom is -0.376 e. The summed E-state index contributed by atoms with van der Waals surface area (Å²) in [7, 11) is 1.80. The Morgan fingerprint density at radius 2 is 2.26 bits per heavy atom. The Labute approximate surface area is 117 Å². The topological polar surface area (TPSA) is 38.8 Å². The van der Waals surface area contributed by atoms with Gasteiger partial charge in [-0.05, 0) is 17.2 Å². The van der Waals surface area contributed by atoms with Gasteiger partial charge in [0.2, 0.25) is 5.91 Å². The first-order valence-corrected chi connectivity index (χ1v) is 6.83. The molecule has 0 radical (unpaired) electrons. The Morgan fingerprint density at radius 3 is 3.00 bits per heavy atom. The third kappa shape index (κ3) is 2.36. The second-order valence-electron chi connectivity index (χ2n) is 4.90. The summed E-state index contributed by atoms with van der Waals surface area (Å²) in [6, 6.07) is 5.92. The molecule has 0 aromatic heterocycles. The number of hydrogen-bond acceptors (Lipinski definition) is 3. The molecule has 1 fully saturated rings. The van der Waals surface area contributed by atoms with E-state index in [0.717, 1.165) is 16.8 Å². The third-order valence-corrected chi connectivity index (χ3v) is 4.20. The molecule has 2 atom stereocenters. The monoisotopic (exact) mass is 281 g/mol. The molecule has 1 amide bonds. The van der Waals surface area contributed by atoms with Gasteiger partial charge in [-0.15, -0.1) is 11.6 Å². The molecule has 1 aromatic carbocycles. The molecular formula is C14H16ClNO3. The van der Waals surface area contributed by atoms with Crippen LogP contribution in [0.15, 0.2) is 18.2 Å². The van der Waals surface area contributed by atoms with Gasteiger partial charge < -0.3 is 14.4 Å². The Bertz CT molecular complexity index is 499. The highest BCUT2D eigenvalue weighted by Crippen LogP contribution is 2.34. The maximum atomic E-state index is 11.7. The predicted molar refractivity (Wildman–Crippen MR) is 72.7 cm³/mol. The third-order valence-electron chi connectivity index (χ3n) is 3.67. The minimum absolute atomic E-state index is 0.121. The Hall–Kier alpha value is -1.10. The first kappa shape index (κ1) is 12.9. The van der Waals surface area contributed by atoms with Crippen molar-refractivity contribution in [3.8, 4) is 0 Å². The molecule has 0 bridgehead atoms. The lowest BCUT2D eigenvalue weighted by Crippen LogP contribution is -2.31. The average molecular weight is 282 g/mol. The molecule has 19 heavy (non-hydrogen) atoms. The van der Waals surface area contributed by atoms with Gasteiger partial charge in [0, 0.05) is 12.7 Å². The van der Waals surface area contributed by atoms with E-state index < -0.39 is 0 Å². The van der Waals surface area contributed by atoms with Gasteiger partial charge >= 0.3 is 0 Å². The molecule has 2 unspecified atom stereocenters. The highest BCUT2D eigenvalue weighted by Gasteiger charge is 2.28. The second kappa shape index (κ2) is 5.12. The fraction of sp³-hybridized carbons (Fsp3) is 0.500. The number of hydrogen-bond donors (Lipinski definition) is 0. The molecule has 4 nitrogen and oxygen atoms in total. The van der Waals surface area contributed by atoms with E-state index in [2.05, 4.69) is 0 Å². The lowest BCUT2D eigenvalue weighted by atomic mass is 10.0. The van der Waals surface area contributed by atoms with Crippen LogP contribution in [-0.4, -0.2) is 38.9 Å². The van der Waals surface area contributed by atoms with Crippen LogP contribution in [0.1, 0.15) is 16.5 Å². The quantitative estimate of drug-likeness (QED) is 0.777. The van der Waals surface area contributed by atoms with Crippen molar-refractivity contribution >= 4 is 23.2 Å². The van der Waals surface area contributed by atoms with Crippen molar-refractivity contribution in [3.63, 3.8) is 0 Å². The van der Waals surface area contributed by atoms with Gasteiger partial charge in [0.15, 0.2) is 0 Å². The van der Waals surface area contributed by atoms with Crippen molar-refractivity contribution in [2.45, 2.75) is 17.9 Å². The zero-order valence-corrected chi connectivity index (χ0v) is 11.5. The van der Waals surface area contributed by atoms with Gasteiger partial charge in [-0.2, -0.15) is 0 Å². The van der Waals surface area contributed by atoms with E-state index in [1.807, 2.05) is 18.2 Å². The lowest BCUT2D eigenvalue weighted by Gasteiger charge is -2.27. The molecule has 2 aliphatic heterocycles. The molecular weight excluding hydrogens is 266 g/mol. The van der Waals surface area contributed by atoms with Crippen molar-refractivity contribution in [1.29, 1.82) is 0 Å². The van der Waals surface area contributed by atoms with Crippen LogP contribution in [0.3, 0.4) is 0 Å². The van der Waals surface area contributed by atoms with Crippen molar-refractivity contribution < 1.29 is 14.3 Å². The number of alkyl halides is 1. The van der Waals surface area contributed by atoms with Crippen LogP contribution in [0.4, 0.5) is 5.69 Å². The normalized spacial score (nSPS) is 24.4. The van der Waals surface area contributed by atoms with Crippen molar-refractivity contribution in [2.75, 3.05) is 31.8 Å². The SMILES string of the molecule is CN1C(=O)Cc2cc(C(Cl)C3COCCO3)ccc21. The fourth-order valence-corrected chi connectivity index (χ4v) is 2.83. The summed E-state index contributed by atoms with van der Waals surface area (Å²) in [5.41, 5.74) is 2.99. The molecule has 5 heteroatoms. The Balaban J connectivity index is 1.82. The zero-order valence-electron chi connectivity index (χ0n) is 10.8. The number of rotatable bonds is 2. The zero-order chi connectivity index (χ0) is 13.4.